The highest BCUT2D eigenvalue weighted by molar-refractivity contribution is 6.32. The van der Waals surface area contributed by atoms with Crippen LogP contribution in [0.1, 0.15) is 5.69 Å². The molecule has 12 heteroatoms. The Morgan fingerprint density at radius 2 is 1.80 bits per heavy atom. The average Bonchev–Trinajstić information content (AvgIpc) is 3.11. The Kier molecular flexibility index (Phi) is 4.82. The molecule has 30 heavy (non-hydrogen) atoms. The summed E-state index contributed by atoms with van der Waals surface area (Å²) in [5.41, 5.74) is 3.37. The van der Waals surface area contributed by atoms with Gasteiger partial charge in [0.05, 0.1) is 16.1 Å². The van der Waals surface area contributed by atoms with Gasteiger partial charge in [-0.15, -0.1) is 0 Å². The Balaban J connectivity index is 1.92. The van der Waals surface area contributed by atoms with Crippen molar-refractivity contribution in [3.8, 4) is 5.69 Å². The van der Waals surface area contributed by atoms with Crippen LogP contribution in [0.5, 0.6) is 0 Å². The van der Waals surface area contributed by atoms with Gasteiger partial charge in [-0.25, -0.2) is 14.3 Å². The number of pyridine rings is 1. The number of anilines is 2. The van der Waals surface area contributed by atoms with Crippen molar-refractivity contribution in [3.05, 3.63) is 69.9 Å². The predicted molar refractivity (Wildman–Crippen MR) is 106 cm³/mol. The highest BCUT2D eigenvalue weighted by Gasteiger charge is 2.33. The fourth-order valence-corrected chi connectivity index (χ4v) is 3.03. The van der Waals surface area contributed by atoms with Gasteiger partial charge in [-0.05, 0) is 24.3 Å². The number of aromatic nitrogens is 5. The molecule has 4 rings (SSSR count). The lowest BCUT2D eigenvalue weighted by Gasteiger charge is -2.15. The van der Waals surface area contributed by atoms with Crippen molar-refractivity contribution in [2.75, 3.05) is 10.9 Å². The van der Waals surface area contributed by atoms with Crippen molar-refractivity contribution < 1.29 is 13.2 Å². The Morgan fingerprint density at radius 1 is 1.03 bits per heavy atom. The lowest BCUT2D eigenvalue weighted by atomic mass is 10.2. The molecular weight excluding hydrogens is 423 g/mol. The van der Waals surface area contributed by atoms with E-state index in [0.29, 0.717) is 5.82 Å². The summed E-state index contributed by atoms with van der Waals surface area (Å²) < 4.78 is 42.3. The minimum Gasteiger partial charge on any atom is -0.282 e. The summed E-state index contributed by atoms with van der Waals surface area (Å²) in [7, 11) is 1.71. The molecule has 0 fully saturated rings. The van der Waals surface area contributed by atoms with Crippen LogP contribution < -0.4 is 16.5 Å². The smallest absolute Gasteiger partial charge is 0.282 e. The van der Waals surface area contributed by atoms with E-state index in [4.69, 9.17) is 11.6 Å². The maximum Gasteiger partial charge on any atom is 0.433 e. The summed E-state index contributed by atoms with van der Waals surface area (Å²) in [5.74, 6) is 0.410. The summed E-state index contributed by atoms with van der Waals surface area (Å²) in [5, 5.41) is 4.44. The lowest BCUT2D eigenvalue weighted by Crippen LogP contribution is -2.26. The van der Waals surface area contributed by atoms with E-state index in [1.54, 1.807) is 36.1 Å². The van der Waals surface area contributed by atoms with Gasteiger partial charge in [-0.1, -0.05) is 23.7 Å². The fraction of sp³-hybridized carbons (Fsp3) is 0.111. The number of halogens is 4. The third-order valence-corrected chi connectivity index (χ3v) is 4.47. The maximum atomic E-state index is 13.3. The normalized spacial score (nSPS) is 11.6. The van der Waals surface area contributed by atoms with Gasteiger partial charge in [0.2, 0.25) is 0 Å². The van der Waals surface area contributed by atoms with Crippen LogP contribution in [-0.2, 0) is 13.2 Å². The largest absolute Gasteiger partial charge is 0.433 e. The summed E-state index contributed by atoms with van der Waals surface area (Å²) in [6.07, 6.45) is -3.01. The van der Waals surface area contributed by atoms with E-state index < -0.39 is 17.6 Å². The topological polar surface area (TPSA) is 89.7 Å². The van der Waals surface area contributed by atoms with E-state index in [1.807, 2.05) is 0 Å². The molecule has 0 saturated carbocycles. The quantitative estimate of drug-likeness (QED) is 0.476. The first-order valence-electron chi connectivity index (χ1n) is 8.51. The zero-order valence-corrected chi connectivity index (χ0v) is 16.0. The van der Waals surface area contributed by atoms with Gasteiger partial charge in [0.15, 0.2) is 17.3 Å². The Bertz CT molecular complexity index is 1300. The van der Waals surface area contributed by atoms with Crippen molar-refractivity contribution in [1.29, 1.82) is 0 Å². The molecule has 0 saturated heterocycles. The summed E-state index contributed by atoms with van der Waals surface area (Å²) in [4.78, 5) is 20.4. The summed E-state index contributed by atoms with van der Waals surface area (Å²) in [6.45, 7) is 0. The van der Waals surface area contributed by atoms with Gasteiger partial charge < -0.3 is 0 Å². The number of fused-ring (bicyclic) bond motifs is 1. The standard InChI is InChI=1S/C18H13ClF3N7O/c1-28-9-8-14(27-28)25-26-15-10-6-7-13(18(20,21)22)23-16(10)29(17(30)24-15)12-5-3-2-4-11(12)19/h2-9H,1H3,(H,25,27)(H,24,26,30). The molecule has 0 bridgehead atoms. The van der Waals surface area contributed by atoms with E-state index in [-0.39, 0.29) is 27.6 Å². The Labute approximate surface area is 171 Å². The van der Waals surface area contributed by atoms with Gasteiger partial charge in [0, 0.05) is 19.3 Å². The summed E-state index contributed by atoms with van der Waals surface area (Å²) >= 11 is 6.17. The SMILES string of the molecule is Cn1ccc(NNc2nc(=O)n(-c3ccccc3Cl)c3nc(C(F)(F)F)ccc23)n1. The van der Waals surface area contributed by atoms with Crippen LogP contribution in [0.3, 0.4) is 0 Å². The third kappa shape index (κ3) is 3.66. The van der Waals surface area contributed by atoms with Gasteiger partial charge in [0.1, 0.15) is 5.69 Å². The molecule has 0 amide bonds. The number of nitrogens with one attached hydrogen (secondary N) is 2. The molecule has 0 aliphatic carbocycles. The van der Waals surface area contributed by atoms with Crippen LogP contribution in [-0.4, -0.2) is 24.3 Å². The number of benzene rings is 1. The van der Waals surface area contributed by atoms with Crippen LogP contribution in [0.25, 0.3) is 16.7 Å². The third-order valence-electron chi connectivity index (χ3n) is 4.15. The van der Waals surface area contributed by atoms with Crippen molar-refractivity contribution in [1.82, 2.24) is 24.3 Å². The molecule has 0 atom stereocenters. The molecular formula is C18H13ClF3N7O. The lowest BCUT2D eigenvalue weighted by molar-refractivity contribution is -0.141. The molecule has 1 aromatic carbocycles. The Hall–Kier alpha value is -3.60. The van der Waals surface area contributed by atoms with Crippen LogP contribution in [0, 0.1) is 0 Å². The number of hydrazine groups is 1. The van der Waals surface area contributed by atoms with Crippen molar-refractivity contribution in [3.63, 3.8) is 0 Å². The van der Waals surface area contributed by atoms with Crippen LogP contribution in [0.15, 0.2) is 53.5 Å². The highest BCUT2D eigenvalue weighted by atomic mass is 35.5. The number of alkyl halides is 3. The van der Waals surface area contributed by atoms with Crippen LogP contribution in [0.2, 0.25) is 5.02 Å². The first-order valence-corrected chi connectivity index (χ1v) is 8.89. The number of nitrogens with zero attached hydrogens (tertiary/aromatic N) is 5. The number of para-hydroxylation sites is 1. The maximum absolute atomic E-state index is 13.3. The van der Waals surface area contributed by atoms with E-state index in [2.05, 4.69) is 25.9 Å². The second-order valence-electron chi connectivity index (χ2n) is 6.22. The molecule has 0 unspecified atom stereocenters. The van der Waals surface area contributed by atoms with Gasteiger partial charge in [-0.2, -0.15) is 23.3 Å². The van der Waals surface area contributed by atoms with E-state index >= 15 is 0 Å². The molecule has 0 aliphatic rings. The molecule has 3 aromatic heterocycles. The minimum atomic E-state index is -4.70. The van der Waals surface area contributed by atoms with Gasteiger partial charge in [-0.3, -0.25) is 15.5 Å². The zero-order chi connectivity index (χ0) is 21.5. The molecule has 2 N–H and O–H groups in total. The molecule has 8 nitrogen and oxygen atoms in total. The van der Waals surface area contributed by atoms with Crippen molar-refractivity contribution in [2.24, 2.45) is 7.05 Å². The highest BCUT2D eigenvalue weighted by Crippen LogP contribution is 2.31. The predicted octanol–water partition coefficient (Wildman–Crippen LogP) is 3.63. The van der Waals surface area contributed by atoms with Crippen molar-refractivity contribution >= 4 is 34.3 Å². The van der Waals surface area contributed by atoms with Gasteiger partial charge >= 0.3 is 11.9 Å². The molecule has 0 aliphatic heterocycles. The van der Waals surface area contributed by atoms with Gasteiger partial charge in [0.25, 0.3) is 0 Å². The average molecular weight is 436 g/mol. The first kappa shape index (κ1) is 19.7. The van der Waals surface area contributed by atoms with E-state index in [9.17, 15) is 18.0 Å². The molecule has 3 heterocycles. The van der Waals surface area contributed by atoms with E-state index in [0.717, 1.165) is 10.6 Å². The van der Waals surface area contributed by atoms with Crippen LogP contribution >= 0.6 is 11.6 Å². The second-order valence-corrected chi connectivity index (χ2v) is 6.63. The minimum absolute atomic E-state index is 0.00909. The number of hydrogen-bond donors (Lipinski definition) is 2. The number of hydrogen-bond acceptors (Lipinski definition) is 6. The number of rotatable bonds is 4. The Morgan fingerprint density at radius 3 is 2.47 bits per heavy atom. The zero-order valence-electron chi connectivity index (χ0n) is 15.3. The monoisotopic (exact) mass is 435 g/mol. The molecule has 154 valence electrons. The summed E-state index contributed by atoms with van der Waals surface area (Å²) in [6, 6.07) is 9.89. The number of aryl methyl sites for hydroxylation is 1. The molecule has 0 radical (unpaired) electrons. The second kappa shape index (κ2) is 7.34. The van der Waals surface area contributed by atoms with Crippen LogP contribution in [0.4, 0.5) is 24.8 Å². The van der Waals surface area contributed by atoms with E-state index in [1.165, 1.54) is 18.2 Å². The molecule has 4 aromatic rings. The van der Waals surface area contributed by atoms with Crippen molar-refractivity contribution in [2.45, 2.75) is 6.18 Å². The fourth-order valence-electron chi connectivity index (χ4n) is 2.81. The first-order chi connectivity index (χ1) is 14.2. The molecule has 0 spiro atoms.